The van der Waals surface area contributed by atoms with Crippen molar-refractivity contribution in [2.24, 2.45) is 5.92 Å². The van der Waals surface area contributed by atoms with Gasteiger partial charge in [-0.05, 0) is 56.1 Å². The van der Waals surface area contributed by atoms with Crippen LogP contribution in [0.3, 0.4) is 0 Å². The second kappa shape index (κ2) is 5.29. The van der Waals surface area contributed by atoms with Crippen LogP contribution in [0.1, 0.15) is 24.0 Å². The van der Waals surface area contributed by atoms with Crippen LogP contribution in [0.25, 0.3) is 0 Å². The minimum absolute atomic E-state index is 0.169. The molecule has 0 amide bonds. The van der Waals surface area contributed by atoms with E-state index in [1.807, 2.05) is 13.0 Å². The van der Waals surface area contributed by atoms with Crippen molar-refractivity contribution in [3.05, 3.63) is 35.1 Å². The summed E-state index contributed by atoms with van der Waals surface area (Å²) in [6.45, 7) is 4.68. The molecule has 3 heteroatoms. The lowest BCUT2D eigenvalue weighted by molar-refractivity contribution is 0.197. The number of halogens is 1. The van der Waals surface area contributed by atoms with Crippen molar-refractivity contribution in [3.8, 4) is 6.07 Å². The molecule has 0 unspecified atom stereocenters. The first-order valence-corrected chi connectivity index (χ1v) is 6.06. The number of hydrogen-bond donors (Lipinski definition) is 0. The van der Waals surface area contributed by atoms with Crippen molar-refractivity contribution in [1.82, 2.24) is 4.90 Å². The molecule has 0 aromatic heterocycles. The summed E-state index contributed by atoms with van der Waals surface area (Å²) in [4.78, 5) is 2.30. The summed E-state index contributed by atoms with van der Waals surface area (Å²) in [5, 5.41) is 8.83. The minimum Gasteiger partial charge on any atom is -0.299 e. The zero-order valence-electron chi connectivity index (χ0n) is 10.1. The zero-order chi connectivity index (χ0) is 12.3. The van der Waals surface area contributed by atoms with Crippen LogP contribution in [-0.4, -0.2) is 18.0 Å². The lowest BCUT2D eigenvalue weighted by atomic mass is 9.98. The molecule has 0 aliphatic carbocycles. The molecule has 1 aromatic rings. The van der Waals surface area contributed by atoms with Crippen molar-refractivity contribution in [1.29, 1.82) is 5.26 Å². The topological polar surface area (TPSA) is 27.0 Å². The number of nitriles is 1. The quantitative estimate of drug-likeness (QED) is 0.784. The lowest BCUT2D eigenvalue weighted by Crippen LogP contribution is -2.33. The SMILES string of the molecule is Cc1ccc(F)cc1CN1CCC(C#N)CC1. The monoisotopic (exact) mass is 232 g/mol. The molecule has 1 heterocycles. The largest absolute Gasteiger partial charge is 0.299 e. The number of aryl methyl sites for hydroxylation is 1. The molecule has 0 bridgehead atoms. The maximum absolute atomic E-state index is 13.2. The molecule has 1 saturated heterocycles. The van der Waals surface area contributed by atoms with Crippen LogP contribution in [0.4, 0.5) is 4.39 Å². The van der Waals surface area contributed by atoms with Gasteiger partial charge in [-0.15, -0.1) is 0 Å². The molecule has 1 aliphatic heterocycles. The summed E-state index contributed by atoms with van der Waals surface area (Å²) in [5.74, 6) is 0.0392. The number of nitrogens with zero attached hydrogens (tertiary/aromatic N) is 2. The molecule has 1 aromatic carbocycles. The van der Waals surface area contributed by atoms with E-state index in [4.69, 9.17) is 5.26 Å². The van der Waals surface area contributed by atoms with Gasteiger partial charge in [0.1, 0.15) is 5.82 Å². The van der Waals surface area contributed by atoms with E-state index in [0.29, 0.717) is 0 Å². The van der Waals surface area contributed by atoms with Gasteiger partial charge in [0.05, 0.1) is 6.07 Å². The van der Waals surface area contributed by atoms with Gasteiger partial charge >= 0.3 is 0 Å². The fraction of sp³-hybridized carbons (Fsp3) is 0.500. The number of rotatable bonds is 2. The lowest BCUT2D eigenvalue weighted by Gasteiger charge is -2.29. The minimum atomic E-state index is -0.169. The average Bonchev–Trinajstić information content (AvgIpc) is 2.35. The second-order valence-electron chi connectivity index (χ2n) is 4.75. The molecule has 2 nitrogen and oxygen atoms in total. The number of benzene rings is 1. The normalized spacial score (nSPS) is 17.9. The third-order valence-electron chi connectivity index (χ3n) is 3.48. The summed E-state index contributed by atoms with van der Waals surface area (Å²) < 4.78 is 13.2. The first kappa shape index (κ1) is 12.1. The van der Waals surface area contributed by atoms with Crippen LogP contribution in [-0.2, 0) is 6.54 Å². The van der Waals surface area contributed by atoms with Crippen molar-refractivity contribution < 1.29 is 4.39 Å². The summed E-state index contributed by atoms with van der Waals surface area (Å²) in [7, 11) is 0. The van der Waals surface area contributed by atoms with Crippen LogP contribution in [0.5, 0.6) is 0 Å². The predicted octanol–water partition coefficient (Wildman–Crippen LogP) is 2.87. The summed E-state index contributed by atoms with van der Waals surface area (Å²) >= 11 is 0. The Balaban J connectivity index is 1.98. The van der Waals surface area contributed by atoms with Gasteiger partial charge in [-0.2, -0.15) is 5.26 Å². The van der Waals surface area contributed by atoms with Crippen LogP contribution in [0.15, 0.2) is 18.2 Å². The van der Waals surface area contributed by atoms with E-state index in [1.54, 1.807) is 6.07 Å². The highest BCUT2D eigenvalue weighted by atomic mass is 19.1. The van der Waals surface area contributed by atoms with E-state index >= 15 is 0 Å². The van der Waals surface area contributed by atoms with Crippen LogP contribution in [0.2, 0.25) is 0 Å². The Morgan fingerprint density at radius 3 is 2.76 bits per heavy atom. The third-order valence-corrected chi connectivity index (χ3v) is 3.48. The van der Waals surface area contributed by atoms with Gasteiger partial charge in [0.15, 0.2) is 0 Å². The van der Waals surface area contributed by atoms with Crippen LogP contribution < -0.4 is 0 Å². The van der Waals surface area contributed by atoms with Gasteiger partial charge in [-0.1, -0.05) is 6.07 Å². The van der Waals surface area contributed by atoms with Gasteiger partial charge in [0.2, 0.25) is 0 Å². The Labute approximate surface area is 102 Å². The molecule has 1 aliphatic rings. The molecular weight excluding hydrogens is 215 g/mol. The van der Waals surface area contributed by atoms with Crippen molar-refractivity contribution in [2.45, 2.75) is 26.3 Å². The fourth-order valence-electron chi connectivity index (χ4n) is 2.27. The molecule has 0 atom stereocenters. The smallest absolute Gasteiger partial charge is 0.123 e. The van der Waals surface area contributed by atoms with E-state index in [-0.39, 0.29) is 11.7 Å². The first-order valence-electron chi connectivity index (χ1n) is 6.06. The van der Waals surface area contributed by atoms with Gasteiger partial charge in [0.25, 0.3) is 0 Å². The number of piperidine rings is 1. The Kier molecular flexibility index (Phi) is 3.75. The van der Waals surface area contributed by atoms with Crippen molar-refractivity contribution >= 4 is 0 Å². The zero-order valence-corrected chi connectivity index (χ0v) is 10.1. The average molecular weight is 232 g/mol. The summed E-state index contributed by atoms with van der Waals surface area (Å²) in [6.07, 6.45) is 1.87. The first-order chi connectivity index (χ1) is 8.19. The Morgan fingerprint density at radius 2 is 2.12 bits per heavy atom. The molecule has 1 fully saturated rings. The third kappa shape index (κ3) is 3.04. The van der Waals surface area contributed by atoms with Crippen molar-refractivity contribution in [2.75, 3.05) is 13.1 Å². The molecule has 17 heavy (non-hydrogen) atoms. The highest BCUT2D eigenvalue weighted by molar-refractivity contribution is 5.26. The van der Waals surface area contributed by atoms with Gasteiger partial charge in [-0.25, -0.2) is 4.39 Å². The van der Waals surface area contributed by atoms with E-state index < -0.39 is 0 Å². The van der Waals surface area contributed by atoms with Gasteiger partial charge in [0, 0.05) is 12.5 Å². The molecule has 2 rings (SSSR count). The van der Waals surface area contributed by atoms with Crippen LogP contribution in [0, 0.1) is 30.0 Å². The number of hydrogen-bond acceptors (Lipinski definition) is 2. The van der Waals surface area contributed by atoms with Gasteiger partial charge in [-0.3, -0.25) is 4.90 Å². The second-order valence-corrected chi connectivity index (χ2v) is 4.75. The van der Waals surface area contributed by atoms with E-state index in [0.717, 1.165) is 43.6 Å². The van der Waals surface area contributed by atoms with Crippen molar-refractivity contribution in [3.63, 3.8) is 0 Å². The molecule has 0 radical (unpaired) electrons. The fourth-order valence-corrected chi connectivity index (χ4v) is 2.27. The molecule has 0 spiro atoms. The standard InChI is InChI=1S/C14H17FN2/c1-11-2-3-14(15)8-13(11)10-17-6-4-12(9-16)5-7-17/h2-3,8,12H,4-7,10H2,1H3. The summed E-state index contributed by atoms with van der Waals surface area (Å²) in [5.41, 5.74) is 2.19. The Morgan fingerprint density at radius 1 is 1.41 bits per heavy atom. The Hall–Kier alpha value is -1.40. The molecule has 0 N–H and O–H groups in total. The molecular formula is C14H17FN2. The van der Waals surface area contributed by atoms with Crippen LogP contribution >= 0.6 is 0 Å². The van der Waals surface area contributed by atoms with E-state index in [1.165, 1.54) is 6.07 Å². The number of likely N-dealkylation sites (tertiary alicyclic amines) is 1. The maximum atomic E-state index is 13.2. The molecule has 0 saturated carbocycles. The highest BCUT2D eigenvalue weighted by Crippen LogP contribution is 2.19. The van der Waals surface area contributed by atoms with Gasteiger partial charge < -0.3 is 0 Å². The predicted molar refractivity (Wildman–Crippen MR) is 64.8 cm³/mol. The highest BCUT2D eigenvalue weighted by Gasteiger charge is 2.19. The molecule has 90 valence electrons. The summed E-state index contributed by atoms with van der Waals surface area (Å²) in [6, 6.07) is 7.27. The van der Waals surface area contributed by atoms with E-state index in [9.17, 15) is 4.39 Å². The van der Waals surface area contributed by atoms with E-state index in [2.05, 4.69) is 11.0 Å². The Bertz CT molecular complexity index is 428. The maximum Gasteiger partial charge on any atom is 0.123 e.